The highest BCUT2D eigenvalue weighted by Crippen LogP contribution is 2.43. The predicted molar refractivity (Wildman–Crippen MR) is 114 cm³/mol. The summed E-state index contributed by atoms with van der Waals surface area (Å²) in [6, 6.07) is 0. The van der Waals surface area contributed by atoms with Crippen LogP contribution in [0.3, 0.4) is 0 Å². The molecule has 0 radical (unpaired) electrons. The van der Waals surface area contributed by atoms with E-state index in [0.29, 0.717) is 19.6 Å². The van der Waals surface area contributed by atoms with Crippen LogP contribution < -0.4 is 0 Å². The van der Waals surface area contributed by atoms with Crippen molar-refractivity contribution in [1.82, 2.24) is 0 Å². The minimum Gasteiger partial charge on any atom is -0.390 e. The highest BCUT2D eigenvalue weighted by molar-refractivity contribution is 4.96. The Balaban J connectivity index is 5.13. The van der Waals surface area contributed by atoms with Gasteiger partial charge in [0.05, 0.1) is 42.2 Å². The third-order valence-corrected chi connectivity index (χ3v) is 6.62. The summed E-state index contributed by atoms with van der Waals surface area (Å²) < 4.78 is 18.7. The SMILES string of the molecule is CC(C)OCC(C)(C)C(C)(C)OC(C)C(C)(C)C(C)(C)OCCC(C)(C)O. The summed E-state index contributed by atoms with van der Waals surface area (Å²) in [6.07, 6.45) is 0.785. The van der Waals surface area contributed by atoms with E-state index in [2.05, 4.69) is 76.2 Å². The molecular weight excluding hydrogens is 340 g/mol. The van der Waals surface area contributed by atoms with Crippen molar-refractivity contribution in [3.8, 4) is 0 Å². The standard InChI is InChI=1S/C23H48O4/c1-17(2)25-16-19(4,5)22(10,11)27-18(3)21(8,9)23(12,13)26-15-14-20(6,7)24/h17-18,24H,14-16H2,1-13H3. The van der Waals surface area contributed by atoms with Crippen molar-refractivity contribution in [2.75, 3.05) is 13.2 Å². The highest BCUT2D eigenvalue weighted by atomic mass is 16.5. The molecule has 4 heteroatoms. The molecule has 1 atom stereocenters. The molecule has 0 bridgehead atoms. The van der Waals surface area contributed by atoms with Gasteiger partial charge in [0.25, 0.3) is 0 Å². The molecule has 0 spiro atoms. The highest BCUT2D eigenvalue weighted by Gasteiger charge is 2.47. The molecule has 0 aliphatic heterocycles. The average molecular weight is 389 g/mol. The lowest BCUT2D eigenvalue weighted by Gasteiger charge is -2.50. The van der Waals surface area contributed by atoms with E-state index in [9.17, 15) is 5.11 Å². The molecular formula is C23H48O4. The number of hydrogen-bond donors (Lipinski definition) is 1. The molecule has 0 amide bonds. The quantitative estimate of drug-likeness (QED) is 0.472. The molecule has 1 N–H and O–H groups in total. The van der Waals surface area contributed by atoms with Gasteiger partial charge in [0, 0.05) is 10.8 Å². The topological polar surface area (TPSA) is 47.9 Å². The van der Waals surface area contributed by atoms with Gasteiger partial charge in [0.1, 0.15) is 0 Å². The van der Waals surface area contributed by atoms with E-state index >= 15 is 0 Å². The van der Waals surface area contributed by atoms with Gasteiger partial charge in [-0.2, -0.15) is 0 Å². The lowest BCUT2D eigenvalue weighted by Crippen LogP contribution is -2.54. The maximum atomic E-state index is 9.94. The Hall–Kier alpha value is -0.160. The van der Waals surface area contributed by atoms with Crippen LogP contribution in [-0.4, -0.2) is 47.3 Å². The summed E-state index contributed by atoms with van der Waals surface area (Å²) >= 11 is 0. The number of ether oxygens (including phenoxy) is 3. The second kappa shape index (κ2) is 9.11. The monoisotopic (exact) mass is 388 g/mol. The first-order chi connectivity index (χ1) is 11.8. The Morgan fingerprint density at radius 1 is 0.778 bits per heavy atom. The Labute approximate surface area is 169 Å². The van der Waals surface area contributed by atoms with Crippen LogP contribution in [0, 0.1) is 10.8 Å². The Morgan fingerprint density at radius 2 is 1.26 bits per heavy atom. The van der Waals surface area contributed by atoms with E-state index < -0.39 is 11.2 Å². The summed E-state index contributed by atoms with van der Waals surface area (Å²) in [4.78, 5) is 0. The van der Waals surface area contributed by atoms with Crippen LogP contribution in [0.5, 0.6) is 0 Å². The van der Waals surface area contributed by atoms with Gasteiger partial charge in [-0.15, -0.1) is 0 Å². The van der Waals surface area contributed by atoms with Gasteiger partial charge in [-0.25, -0.2) is 0 Å². The summed E-state index contributed by atoms with van der Waals surface area (Å²) in [5.41, 5.74) is -1.83. The van der Waals surface area contributed by atoms with E-state index in [4.69, 9.17) is 14.2 Å². The van der Waals surface area contributed by atoms with Gasteiger partial charge in [-0.05, 0) is 68.7 Å². The van der Waals surface area contributed by atoms with Gasteiger partial charge in [0.15, 0.2) is 0 Å². The number of aliphatic hydroxyl groups is 1. The van der Waals surface area contributed by atoms with E-state index in [-0.39, 0.29) is 28.6 Å². The number of rotatable bonds is 12. The fraction of sp³-hybridized carbons (Fsp3) is 1.00. The summed E-state index contributed by atoms with van der Waals surface area (Å²) in [7, 11) is 0. The van der Waals surface area contributed by atoms with Crippen molar-refractivity contribution in [3.05, 3.63) is 0 Å². The zero-order valence-corrected chi connectivity index (χ0v) is 20.4. The maximum absolute atomic E-state index is 9.94. The smallest absolute Gasteiger partial charge is 0.0703 e. The zero-order valence-electron chi connectivity index (χ0n) is 20.4. The molecule has 0 saturated carbocycles. The van der Waals surface area contributed by atoms with Crippen LogP contribution in [0.15, 0.2) is 0 Å². The van der Waals surface area contributed by atoms with Gasteiger partial charge in [0.2, 0.25) is 0 Å². The first-order valence-corrected chi connectivity index (χ1v) is 10.4. The summed E-state index contributed by atoms with van der Waals surface area (Å²) in [6.45, 7) is 28.3. The molecule has 0 heterocycles. The van der Waals surface area contributed by atoms with Crippen LogP contribution in [0.25, 0.3) is 0 Å². The molecule has 0 aromatic carbocycles. The van der Waals surface area contributed by atoms with Crippen LogP contribution in [0.1, 0.15) is 96.4 Å². The Morgan fingerprint density at radius 3 is 1.67 bits per heavy atom. The predicted octanol–water partition coefficient (Wildman–Crippen LogP) is 5.60. The third-order valence-electron chi connectivity index (χ3n) is 6.62. The largest absolute Gasteiger partial charge is 0.390 e. The molecule has 0 aliphatic carbocycles. The van der Waals surface area contributed by atoms with E-state index in [1.165, 1.54) is 0 Å². The average Bonchev–Trinajstić information content (AvgIpc) is 2.42. The minimum atomic E-state index is -0.717. The van der Waals surface area contributed by atoms with E-state index in [0.717, 1.165) is 0 Å². The molecule has 0 fully saturated rings. The first kappa shape index (κ1) is 26.8. The molecule has 0 saturated heterocycles. The van der Waals surface area contributed by atoms with E-state index in [1.54, 1.807) is 0 Å². The van der Waals surface area contributed by atoms with Crippen LogP contribution in [0.2, 0.25) is 0 Å². The van der Waals surface area contributed by atoms with Crippen LogP contribution in [0.4, 0.5) is 0 Å². The zero-order chi connectivity index (χ0) is 21.9. The number of hydrogen-bond acceptors (Lipinski definition) is 4. The third kappa shape index (κ3) is 8.00. The molecule has 0 aromatic rings. The van der Waals surface area contributed by atoms with Crippen molar-refractivity contribution >= 4 is 0 Å². The fourth-order valence-corrected chi connectivity index (χ4v) is 2.53. The van der Waals surface area contributed by atoms with Crippen molar-refractivity contribution < 1.29 is 19.3 Å². The minimum absolute atomic E-state index is 0.0250. The molecule has 164 valence electrons. The van der Waals surface area contributed by atoms with Crippen molar-refractivity contribution in [1.29, 1.82) is 0 Å². The lowest BCUT2D eigenvalue weighted by molar-refractivity contribution is -0.217. The normalized spacial score (nSPS) is 16.1. The van der Waals surface area contributed by atoms with Crippen LogP contribution in [-0.2, 0) is 14.2 Å². The molecule has 1 unspecified atom stereocenters. The van der Waals surface area contributed by atoms with Crippen molar-refractivity contribution in [2.24, 2.45) is 10.8 Å². The van der Waals surface area contributed by atoms with Crippen molar-refractivity contribution in [2.45, 2.75) is 125 Å². The second-order valence-corrected chi connectivity index (χ2v) is 11.2. The van der Waals surface area contributed by atoms with Gasteiger partial charge in [-0.1, -0.05) is 27.7 Å². The van der Waals surface area contributed by atoms with Gasteiger partial charge < -0.3 is 19.3 Å². The van der Waals surface area contributed by atoms with Crippen molar-refractivity contribution in [3.63, 3.8) is 0 Å². The lowest BCUT2D eigenvalue weighted by atomic mass is 9.71. The first-order valence-electron chi connectivity index (χ1n) is 10.4. The molecule has 0 aliphatic rings. The molecule has 0 aromatic heterocycles. The second-order valence-electron chi connectivity index (χ2n) is 11.2. The Kier molecular flexibility index (Phi) is 9.05. The summed E-state index contributed by atoms with van der Waals surface area (Å²) in [5.74, 6) is 0. The summed E-state index contributed by atoms with van der Waals surface area (Å²) in [5, 5.41) is 9.94. The van der Waals surface area contributed by atoms with Gasteiger partial charge in [-0.3, -0.25) is 0 Å². The Bertz CT molecular complexity index is 442. The van der Waals surface area contributed by atoms with E-state index in [1.807, 2.05) is 13.8 Å². The fourth-order valence-electron chi connectivity index (χ4n) is 2.53. The van der Waals surface area contributed by atoms with Crippen LogP contribution >= 0.6 is 0 Å². The molecule has 4 nitrogen and oxygen atoms in total. The maximum Gasteiger partial charge on any atom is 0.0703 e. The molecule has 0 rings (SSSR count). The molecule has 27 heavy (non-hydrogen) atoms. The van der Waals surface area contributed by atoms with Gasteiger partial charge >= 0.3 is 0 Å².